The van der Waals surface area contributed by atoms with Crippen molar-refractivity contribution in [2.45, 2.75) is 6.92 Å². The minimum Gasteiger partial charge on any atom is -0.464 e. The Kier molecular flexibility index (Phi) is 2.82. The second-order valence-electron chi connectivity index (χ2n) is 3.76. The average Bonchev–Trinajstić information content (AvgIpc) is 2.61. The van der Waals surface area contributed by atoms with Gasteiger partial charge in [0.25, 0.3) is 0 Å². The Bertz CT molecular complexity index is 586. The van der Waals surface area contributed by atoms with Crippen LogP contribution in [-0.2, 0) is 0 Å². The number of aromatic amines is 1. The van der Waals surface area contributed by atoms with Gasteiger partial charge in [0.05, 0.1) is 6.21 Å². The second-order valence-corrected chi connectivity index (χ2v) is 3.76. The van der Waals surface area contributed by atoms with Crippen molar-refractivity contribution in [3.05, 3.63) is 35.5 Å². The van der Waals surface area contributed by atoms with Gasteiger partial charge >= 0.3 is 6.09 Å². The molecule has 0 fully saturated rings. The molecule has 0 aliphatic heterocycles. The molecule has 0 spiro atoms. The number of carboxylic acid groups (broad SMARTS) is 1. The third-order valence-electron chi connectivity index (χ3n) is 2.58. The highest BCUT2D eigenvalue weighted by atomic mass is 16.4. The zero-order chi connectivity index (χ0) is 12.4. The van der Waals surface area contributed by atoms with Crippen molar-refractivity contribution in [3.63, 3.8) is 0 Å². The van der Waals surface area contributed by atoms with Crippen molar-refractivity contribution in [2.75, 3.05) is 7.05 Å². The number of amides is 1. The van der Waals surface area contributed by atoms with E-state index in [1.807, 2.05) is 31.2 Å². The van der Waals surface area contributed by atoms with Crippen LogP contribution in [-0.4, -0.2) is 34.5 Å². The summed E-state index contributed by atoms with van der Waals surface area (Å²) >= 11 is 0. The highest BCUT2D eigenvalue weighted by molar-refractivity contribution is 6.00. The molecule has 17 heavy (non-hydrogen) atoms. The van der Waals surface area contributed by atoms with E-state index in [0.717, 1.165) is 27.2 Å². The lowest BCUT2D eigenvalue weighted by Gasteiger charge is -2.03. The molecule has 2 N–H and O–H groups in total. The molecule has 0 saturated carbocycles. The van der Waals surface area contributed by atoms with E-state index in [9.17, 15) is 4.79 Å². The van der Waals surface area contributed by atoms with E-state index >= 15 is 0 Å². The number of rotatable bonds is 2. The molecule has 0 unspecified atom stereocenters. The van der Waals surface area contributed by atoms with Gasteiger partial charge in [-0.2, -0.15) is 5.10 Å². The molecule has 5 heteroatoms. The van der Waals surface area contributed by atoms with Gasteiger partial charge in [-0.05, 0) is 13.0 Å². The molecule has 0 radical (unpaired) electrons. The summed E-state index contributed by atoms with van der Waals surface area (Å²) in [6.07, 6.45) is 0.473. The van der Waals surface area contributed by atoms with Crippen molar-refractivity contribution in [1.29, 1.82) is 0 Å². The summed E-state index contributed by atoms with van der Waals surface area (Å²) < 4.78 is 0. The van der Waals surface area contributed by atoms with Crippen LogP contribution in [0, 0.1) is 6.92 Å². The summed E-state index contributed by atoms with van der Waals surface area (Å²) in [5.74, 6) is 0. The van der Waals surface area contributed by atoms with Crippen LogP contribution >= 0.6 is 0 Å². The fourth-order valence-electron chi connectivity index (χ4n) is 1.66. The summed E-state index contributed by atoms with van der Waals surface area (Å²) in [6.45, 7) is 1.93. The van der Waals surface area contributed by atoms with Crippen LogP contribution in [0.5, 0.6) is 0 Å². The first kappa shape index (κ1) is 11.2. The van der Waals surface area contributed by atoms with Gasteiger partial charge in [-0.25, -0.2) is 9.80 Å². The third-order valence-corrected chi connectivity index (χ3v) is 2.58. The van der Waals surface area contributed by atoms with Gasteiger partial charge in [0, 0.05) is 29.2 Å². The van der Waals surface area contributed by atoms with Crippen LogP contribution in [0.1, 0.15) is 11.3 Å². The molecule has 1 amide bonds. The van der Waals surface area contributed by atoms with Crippen molar-refractivity contribution in [3.8, 4) is 0 Å². The van der Waals surface area contributed by atoms with Crippen LogP contribution < -0.4 is 0 Å². The van der Waals surface area contributed by atoms with Gasteiger partial charge in [-0.3, -0.25) is 0 Å². The molecule has 2 aromatic rings. The predicted molar refractivity (Wildman–Crippen MR) is 66.4 cm³/mol. The second kappa shape index (κ2) is 4.29. The summed E-state index contributed by atoms with van der Waals surface area (Å²) in [5.41, 5.74) is 2.90. The molecule has 0 aliphatic carbocycles. The van der Waals surface area contributed by atoms with E-state index in [1.54, 1.807) is 6.21 Å². The Morgan fingerprint density at radius 3 is 2.88 bits per heavy atom. The molecule has 1 aromatic carbocycles. The lowest BCUT2D eigenvalue weighted by atomic mass is 10.1. The van der Waals surface area contributed by atoms with Crippen molar-refractivity contribution in [2.24, 2.45) is 5.10 Å². The number of carbonyl (C=O) groups is 1. The Balaban J connectivity index is 2.42. The topological polar surface area (TPSA) is 68.7 Å². The molecule has 1 aromatic heterocycles. The molecule has 88 valence electrons. The minimum absolute atomic E-state index is 0.876. The highest BCUT2D eigenvalue weighted by Crippen LogP contribution is 2.19. The Labute approximate surface area is 98.4 Å². The monoisotopic (exact) mass is 231 g/mol. The maximum Gasteiger partial charge on any atom is 0.427 e. The summed E-state index contributed by atoms with van der Waals surface area (Å²) in [6, 6.07) is 7.83. The van der Waals surface area contributed by atoms with Crippen molar-refractivity contribution in [1.82, 2.24) is 9.99 Å². The summed E-state index contributed by atoms with van der Waals surface area (Å²) in [7, 11) is 1.39. The first-order chi connectivity index (χ1) is 8.09. The molecule has 0 aliphatic rings. The third kappa shape index (κ3) is 2.13. The molecule has 5 nitrogen and oxygen atoms in total. The Morgan fingerprint density at radius 1 is 1.47 bits per heavy atom. The van der Waals surface area contributed by atoms with Crippen molar-refractivity contribution < 1.29 is 9.90 Å². The van der Waals surface area contributed by atoms with Crippen LogP contribution in [0.15, 0.2) is 29.4 Å². The van der Waals surface area contributed by atoms with E-state index in [1.165, 1.54) is 7.05 Å². The number of nitrogens with zero attached hydrogens (tertiary/aromatic N) is 2. The van der Waals surface area contributed by atoms with Crippen LogP contribution in [0.4, 0.5) is 4.79 Å². The smallest absolute Gasteiger partial charge is 0.427 e. The van der Waals surface area contributed by atoms with Gasteiger partial charge in [-0.1, -0.05) is 18.2 Å². The molecule has 0 bridgehead atoms. The lowest BCUT2D eigenvalue weighted by Crippen LogP contribution is -2.18. The van der Waals surface area contributed by atoms with Crippen LogP contribution in [0.2, 0.25) is 0 Å². The number of nitrogens with one attached hydrogen (secondary N) is 1. The van der Waals surface area contributed by atoms with Gasteiger partial charge in [-0.15, -0.1) is 0 Å². The lowest BCUT2D eigenvalue weighted by molar-refractivity contribution is 0.158. The quantitative estimate of drug-likeness (QED) is 0.615. The largest absolute Gasteiger partial charge is 0.464 e. The normalized spacial score (nSPS) is 11.2. The summed E-state index contributed by atoms with van der Waals surface area (Å²) in [5, 5.41) is 14.5. The van der Waals surface area contributed by atoms with Crippen molar-refractivity contribution >= 4 is 23.2 Å². The fourth-order valence-corrected chi connectivity index (χ4v) is 1.66. The molecule has 0 atom stereocenters. The number of aryl methyl sites for hydroxylation is 1. The standard InChI is InChI=1S/C12H13N3O2/c1-8-10(7-13-15(2)12(16)17)9-5-3-4-6-11(9)14-8/h3-7,14H,1-2H3,(H,16,17). The van der Waals surface area contributed by atoms with Crippen LogP contribution in [0.3, 0.4) is 0 Å². The number of hydrazone groups is 1. The number of hydrogen-bond donors (Lipinski definition) is 2. The molecular weight excluding hydrogens is 218 g/mol. The number of fused-ring (bicyclic) bond motifs is 1. The first-order valence-corrected chi connectivity index (χ1v) is 5.17. The maximum atomic E-state index is 10.6. The van der Waals surface area contributed by atoms with E-state index < -0.39 is 6.09 Å². The SMILES string of the molecule is Cc1[nH]c2ccccc2c1C=NN(C)C(=O)O. The Hall–Kier alpha value is -2.30. The molecule has 2 rings (SSSR count). The Morgan fingerprint density at radius 2 is 2.18 bits per heavy atom. The average molecular weight is 231 g/mol. The van der Waals surface area contributed by atoms with E-state index in [2.05, 4.69) is 10.1 Å². The van der Waals surface area contributed by atoms with E-state index in [0.29, 0.717) is 0 Å². The van der Waals surface area contributed by atoms with E-state index in [-0.39, 0.29) is 0 Å². The van der Waals surface area contributed by atoms with Gasteiger partial charge in [0.1, 0.15) is 0 Å². The number of hydrogen-bond acceptors (Lipinski definition) is 2. The van der Waals surface area contributed by atoms with Gasteiger partial charge in [0.2, 0.25) is 0 Å². The zero-order valence-corrected chi connectivity index (χ0v) is 9.64. The molecular formula is C12H13N3O2. The van der Waals surface area contributed by atoms with Crippen LogP contribution in [0.25, 0.3) is 10.9 Å². The predicted octanol–water partition coefficient (Wildman–Crippen LogP) is 2.42. The van der Waals surface area contributed by atoms with Gasteiger partial charge < -0.3 is 10.1 Å². The number of para-hydroxylation sites is 1. The molecule has 0 saturated heterocycles. The highest BCUT2D eigenvalue weighted by Gasteiger charge is 2.06. The minimum atomic E-state index is -1.08. The number of H-pyrrole nitrogens is 1. The zero-order valence-electron chi connectivity index (χ0n) is 9.64. The summed E-state index contributed by atoms with van der Waals surface area (Å²) in [4.78, 5) is 13.8. The number of benzene rings is 1. The first-order valence-electron chi connectivity index (χ1n) is 5.17. The molecule has 1 heterocycles. The van der Waals surface area contributed by atoms with E-state index in [4.69, 9.17) is 5.11 Å². The van der Waals surface area contributed by atoms with Gasteiger partial charge in [0.15, 0.2) is 0 Å². The fraction of sp³-hybridized carbons (Fsp3) is 0.167. The number of aromatic nitrogens is 1. The maximum absolute atomic E-state index is 10.6.